The van der Waals surface area contributed by atoms with E-state index in [-0.39, 0.29) is 18.3 Å². The van der Waals surface area contributed by atoms with E-state index >= 15 is 0 Å². The van der Waals surface area contributed by atoms with Crippen LogP contribution in [0, 0.1) is 5.82 Å². The second-order valence-corrected chi connectivity index (χ2v) is 5.71. The van der Waals surface area contributed by atoms with Gasteiger partial charge in [0.05, 0.1) is 6.54 Å². The Balaban J connectivity index is 1.50. The number of hydrogen-bond donors (Lipinski definition) is 2. The molecule has 3 rings (SSSR count). The first-order chi connectivity index (χ1) is 12.7. The second kappa shape index (κ2) is 8.67. The molecule has 3 aromatic carbocycles. The van der Waals surface area contributed by atoms with Gasteiger partial charge < -0.3 is 15.4 Å². The van der Waals surface area contributed by atoms with Crippen LogP contribution in [0.1, 0.15) is 5.56 Å². The quantitative estimate of drug-likeness (QED) is 0.662. The van der Waals surface area contributed by atoms with Crippen LogP contribution in [0.4, 0.5) is 15.8 Å². The highest BCUT2D eigenvalue weighted by molar-refractivity contribution is 5.93. The molecule has 4 nitrogen and oxygen atoms in total. The van der Waals surface area contributed by atoms with Gasteiger partial charge in [-0.1, -0.05) is 36.4 Å². The lowest BCUT2D eigenvalue weighted by atomic mass is 10.2. The van der Waals surface area contributed by atoms with Crippen molar-refractivity contribution in [1.82, 2.24) is 0 Å². The maximum Gasteiger partial charge on any atom is 0.243 e. The Morgan fingerprint density at radius 1 is 0.885 bits per heavy atom. The number of rotatable bonds is 7. The minimum Gasteiger partial charge on any atom is -0.489 e. The van der Waals surface area contributed by atoms with Crippen LogP contribution in [0.25, 0.3) is 0 Å². The fraction of sp³-hybridized carbons (Fsp3) is 0.0952. The first-order valence-electron chi connectivity index (χ1n) is 8.25. The van der Waals surface area contributed by atoms with Crippen LogP contribution < -0.4 is 15.4 Å². The van der Waals surface area contributed by atoms with Crippen LogP contribution in [-0.4, -0.2) is 12.5 Å². The van der Waals surface area contributed by atoms with Crippen molar-refractivity contribution in [2.75, 3.05) is 17.2 Å². The molecule has 3 aromatic rings. The molecule has 0 aromatic heterocycles. The molecule has 0 saturated carbocycles. The molecule has 0 atom stereocenters. The molecule has 0 unspecified atom stereocenters. The highest BCUT2D eigenvalue weighted by Crippen LogP contribution is 2.18. The summed E-state index contributed by atoms with van der Waals surface area (Å²) in [4.78, 5) is 12.0. The van der Waals surface area contributed by atoms with Crippen LogP contribution >= 0.6 is 0 Å². The van der Waals surface area contributed by atoms with Gasteiger partial charge in [0.1, 0.15) is 18.2 Å². The number of hydrogen-bond acceptors (Lipinski definition) is 3. The molecule has 0 bridgehead atoms. The van der Waals surface area contributed by atoms with Gasteiger partial charge in [-0.05, 0) is 42.0 Å². The molecule has 0 aliphatic rings. The predicted octanol–water partition coefficient (Wildman–Crippen LogP) is 4.46. The third-order valence-electron chi connectivity index (χ3n) is 3.66. The van der Waals surface area contributed by atoms with Gasteiger partial charge in [0, 0.05) is 17.4 Å². The molecule has 0 saturated heterocycles. The normalized spacial score (nSPS) is 10.2. The van der Waals surface area contributed by atoms with E-state index in [2.05, 4.69) is 10.6 Å². The standard InChI is InChI=1S/C21H19FN2O2/c22-17-9-11-18(12-10-17)24-21(25)14-23-19-7-4-8-20(13-19)26-15-16-5-2-1-3-6-16/h1-13,23H,14-15H2,(H,24,25). The number of anilines is 2. The van der Waals surface area contributed by atoms with Crippen LogP contribution in [0.5, 0.6) is 5.75 Å². The number of benzene rings is 3. The summed E-state index contributed by atoms with van der Waals surface area (Å²) in [6.07, 6.45) is 0. The van der Waals surface area contributed by atoms with Gasteiger partial charge in [-0.25, -0.2) is 4.39 Å². The smallest absolute Gasteiger partial charge is 0.243 e. The van der Waals surface area contributed by atoms with Gasteiger partial charge in [0.25, 0.3) is 0 Å². The molecule has 0 radical (unpaired) electrons. The monoisotopic (exact) mass is 350 g/mol. The van der Waals surface area contributed by atoms with E-state index in [9.17, 15) is 9.18 Å². The molecule has 26 heavy (non-hydrogen) atoms. The average Bonchev–Trinajstić information content (AvgIpc) is 2.68. The molecule has 1 amide bonds. The zero-order valence-corrected chi connectivity index (χ0v) is 14.1. The number of amides is 1. The lowest BCUT2D eigenvalue weighted by molar-refractivity contribution is -0.114. The Morgan fingerprint density at radius 3 is 2.42 bits per heavy atom. The molecule has 0 spiro atoms. The number of ether oxygens (including phenoxy) is 1. The van der Waals surface area contributed by atoms with E-state index in [4.69, 9.17) is 4.74 Å². The Morgan fingerprint density at radius 2 is 1.65 bits per heavy atom. The molecule has 5 heteroatoms. The fourth-order valence-corrected chi connectivity index (χ4v) is 2.36. The Bertz CT molecular complexity index is 851. The second-order valence-electron chi connectivity index (χ2n) is 5.71. The average molecular weight is 350 g/mol. The van der Waals surface area contributed by atoms with Crippen LogP contribution in [0.2, 0.25) is 0 Å². The summed E-state index contributed by atoms with van der Waals surface area (Å²) in [6.45, 7) is 0.578. The van der Waals surface area contributed by atoms with E-state index in [0.717, 1.165) is 17.0 Å². The van der Waals surface area contributed by atoms with Crippen molar-refractivity contribution in [3.8, 4) is 5.75 Å². The van der Waals surface area contributed by atoms with E-state index in [1.54, 1.807) is 0 Å². The molecule has 0 heterocycles. The summed E-state index contributed by atoms with van der Waals surface area (Å²) in [5.74, 6) is 0.165. The van der Waals surface area contributed by atoms with Crippen LogP contribution in [-0.2, 0) is 11.4 Å². The third kappa shape index (κ3) is 5.34. The number of carbonyl (C=O) groups excluding carboxylic acids is 1. The highest BCUT2D eigenvalue weighted by Gasteiger charge is 2.04. The van der Waals surface area contributed by atoms with Crippen molar-refractivity contribution >= 4 is 17.3 Å². The predicted molar refractivity (Wildman–Crippen MR) is 101 cm³/mol. The van der Waals surface area contributed by atoms with Crippen molar-refractivity contribution in [1.29, 1.82) is 0 Å². The van der Waals surface area contributed by atoms with Crippen LogP contribution in [0.15, 0.2) is 78.9 Å². The summed E-state index contributed by atoms with van der Waals surface area (Å²) in [7, 11) is 0. The number of nitrogens with one attached hydrogen (secondary N) is 2. The SMILES string of the molecule is O=C(CNc1cccc(OCc2ccccc2)c1)Nc1ccc(F)cc1. The number of carbonyl (C=O) groups is 1. The summed E-state index contributed by atoms with van der Waals surface area (Å²) in [6, 6.07) is 23.0. The summed E-state index contributed by atoms with van der Waals surface area (Å²) < 4.78 is 18.6. The van der Waals surface area contributed by atoms with E-state index < -0.39 is 0 Å². The molecule has 0 aliphatic carbocycles. The molecule has 0 aliphatic heterocycles. The maximum atomic E-state index is 12.9. The van der Waals surface area contributed by atoms with Crippen molar-refractivity contribution in [3.05, 3.63) is 90.2 Å². The molecule has 0 fully saturated rings. The summed E-state index contributed by atoms with van der Waals surface area (Å²) in [5.41, 5.74) is 2.42. The minimum absolute atomic E-state index is 0.0967. The molecule has 2 N–H and O–H groups in total. The minimum atomic E-state index is -0.339. The van der Waals surface area contributed by atoms with Gasteiger partial charge in [0.15, 0.2) is 0 Å². The number of halogens is 1. The Labute approximate surface area is 151 Å². The van der Waals surface area contributed by atoms with Gasteiger partial charge >= 0.3 is 0 Å². The fourth-order valence-electron chi connectivity index (χ4n) is 2.36. The van der Waals surface area contributed by atoms with Gasteiger partial charge in [0.2, 0.25) is 5.91 Å². The zero-order chi connectivity index (χ0) is 18.2. The van der Waals surface area contributed by atoms with Crippen LogP contribution in [0.3, 0.4) is 0 Å². The maximum absolute atomic E-state index is 12.9. The Kier molecular flexibility index (Phi) is 5.83. The van der Waals surface area contributed by atoms with Gasteiger partial charge in [-0.15, -0.1) is 0 Å². The molecular weight excluding hydrogens is 331 g/mol. The van der Waals surface area contributed by atoms with Crippen molar-refractivity contribution in [2.24, 2.45) is 0 Å². The highest BCUT2D eigenvalue weighted by atomic mass is 19.1. The van der Waals surface area contributed by atoms with Crippen molar-refractivity contribution in [2.45, 2.75) is 6.61 Å². The van der Waals surface area contributed by atoms with Crippen molar-refractivity contribution in [3.63, 3.8) is 0 Å². The molecular formula is C21H19FN2O2. The van der Waals surface area contributed by atoms with Crippen molar-refractivity contribution < 1.29 is 13.9 Å². The molecule has 132 valence electrons. The summed E-state index contributed by atoms with van der Waals surface area (Å²) >= 11 is 0. The third-order valence-corrected chi connectivity index (χ3v) is 3.66. The first-order valence-corrected chi connectivity index (χ1v) is 8.25. The van der Waals surface area contributed by atoms with E-state index in [0.29, 0.717) is 12.3 Å². The lowest BCUT2D eigenvalue weighted by Gasteiger charge is -2.10. The zero-order valence-electron chi connectivity index (χ0n) is 14.1. The Hall–Kier alpha value is -3.34. The van der Waals surface area contributed by atoms with Gasteiger partial charge in [-0.2, -0.15) is 0 Å². The first kappa shape index (κ1) is 17.5. The van der Waals surface area contributed by atoms with Gasteiger partial charge in [-0.3, -0.25) is 4.79 Å². The van der Waals surface area contributed by atoms with E-state index in [1.165, 1.54) is 24.3 Å². The van der Waals surface area contributed by atoms with E-state index in [1.807, 2.05) is 54.6 Å². The topological polar surface area (TPSA) is 50.4 Å². The summed E-state index contributed by atoms with van der Waals surface area (Å²) in [5, 5.41) is 5.75. The lowest BCUT2D eigenvalue weighted by Crippen LogP contribution is -2.21. The largest absolute Gasteiger partial charge is 0.489 e.